The summed E-state index contributed by atoms with van der Waals surface area (Å²) in [5.74, 6) is 0. The summed E-state index contributed by atoms with van der Waals surface area (Å²) in [5.41, 5.74) is 6.98. The van der Waals surface area contributed by atoms with Crippen molar-refractivity contribution in [1.29, 1.82) is 0 Å². The molecule has 0 heterocycles. The van der Waals surface area contributed by atoms with Gasteiger partial charge in [-0.2, -0.15) is 0 Å². The lowest BCUT2D eigenvalue weighted by Gasteiger charge is -1.94. The van der Waals surface area contributed by atoms with Crippen LogP contribution in [0.2, 0.25) is 0 Å². The summed E-state index contributed by atoms with van der Waals surface area (Å²) in [5, 5.41) is 8.61. The summed E-state index contributed by atoms with van der Waals surface area (Å²) in [6.45, 7) is 4.06. The summed E-state index contributed by atoms with van der Waals surface area (Å²) in [6, 6.07) is 7.19. The third-order valence-corrected chi connectivity index (χ3v) is 1.13. The zero-order valence-corrected chi connectivity index (χ0v) is 7.04. The van der Waals surface area contributed by atoms with Crippen molar-refractivity contribution in [2.24, 2.45) is 0 Å². The van der Waals surface area contributed by atoms with Crippen molar-refractivity contribution in [2.75, 3.05) is 5.73 Å². The van der Waals surface area contributed by atoms with Crippen LogP contribution in [-0.4, -0.2) is 5.11 Å². The van der Waals surface area contributed by atoms with Crippen LogP contribution in [0, 0.1) is 0 Å². The van der Waals surface area contributed by atoms with Crippen LogP contribution in [0.4, 0.5) is 5.69 Å². The number of nitrogens with two attached hydrogens (primary N) is 1. The predicted octanol–water partition coefficient (Wildman–Crippen LogP) is 2.42. The van der Waals surface area contributed by atoms with E-state index in [0.29, 0.717) is 5.69 Å². The fourth-order valence-corrected chi connectivity index (χ4v) is 0.691. The van der Waals surface area contributed by atoms with E-state index in [1.54, 1.807) is 12.1 Å². The number of aliphatic hydroxyl groups is 1. The highest BCUT2D eigenvalue weighted by molar-refractivity contribution is 5.40. The van der Waals surface area contributed by atoms with Crippen molar-refractivity contribution in [3.8, 4) is 0 Å². The summed E-state index contributed by atoms with van der Waals surface area (Å²) >= 11 is 0. The molecule has 0 amide bonds. The van der Waals surface area contributed by atoms with Gasteiger partial charge in [0, 0.05) is 5.69 Å². The Morgan fingerprint density at radius 1 is 1.33 bits per heavy atom. The minimum absolute atomic E-state index is 0. The third-order valence-electron chi connectivity index (χ3n) is 1.13. The predicted molar refractivity (Wildman–Crippen MR) is 54.9 cm³/mol. The van der Waals surface area contributed by atoms with Crippen molar-refractivity contribution in [3.05, 3.63) is 29.8 Å². The first-order valence-electron chi connectivity index (χ1n) is 3.78. The average molecular weight is 169 g/mol. The second-order valence-corrected chi connectivity index (χ2v) is 1.90. The minimum atomic E-state index is 0. The van der Waals surface area contributed by atoms with Crippen molar-refractivity contribution in [2.45, 2.75) is 27.9 Å². The minimum Gasteiger partial charge on any atom is -0.399 e. The molecule has 2 nitrogen and oxygen atoms in total. The Hall–Kier alpha value is -1.02. The summed E-state index contributed by atoms with van der Waals surface area (Å²) < 4.78 is 0. The molecule has 0 aliphatic rings. The number of nitrogen functional groups attached to an aromatic ring is 1. The molecule has 0 aromatic heterocycles. The molecule has 0 radical (unpaired) electrons. The maximum absolute atomic E-state index is 8.61. The fourth-order valence-electron chi connectivity index (χ4n) is 0.691. The van der Waals surface area contributed by atoms with Crippen molar-refractivity contribution < 1.29 is 5.11 Å². The maximum Gasteiger partial charge on any atom is 0.0682 e. The second kappa shape index (κ2) is 8.08. The Bertz CT molecular complexity index is 199. The van der Waals surface area contributed by atoms with Crippen LogP contribution in [0.5, 0.6) is 0 Å². The largest absolute Gasteiger partial charge is 0.399 e. The van der Waals surface area contributed by atoms with E-state index in [1.165, 1.54) is 0 Å². The van der Waals surface area contributed by atoms with Gasteiger partial charge in [-0.3, -0.25) is 0 Å². The van der Waals surface area contributed by atoms with E-state index < -0.39 is 0 Å². The lowest BCUT2D eigenvalue weighted by molar-refractivity contribution is 0.282. The van der Waals surface area contributed by atoms with Gasteiger partial charge in [0.2, 0.25) is 0 Å². The van der Waals surface area contributed by atoms with Gasteiger partial charge >= 0.3 is 0 Å². The van der Waals surface area contributed by atoms with Crippen molar-refractivity contribution >= 4 is 5.69 Å². The highest BCUT2D eigenvalue weighted by Crippen LogP contribution is 2.04. The van der Waals surface area contributed by atoms with E-state index in [1.807, 2.05) is 26.0 Å². The molecule has 1 rings (SSSR count). The summed E-state index contributed by atoms with van der Waals surface area (Å²) in [7, 11) is 0. The molecule has 1 aromatic carbocycles. The fraction of sp³-hybridized carbons (Fsp3) is 0.400. The van der Waals surface area contributed by atoms with Gasteiger partial charge in [-0.1, -0.05) is 33.4 Å². The summed E-state index contributed by atoms with van der Waals surface area (Å²) in [4.78, 5) is 0. The molecule has 12 heavy (non-hydrogen) atoms. The molecule has 2 heteroatoms. The smallest absolute Gasteiger partial charge is 0.0682 e. The Morgan fingerprint density at radius 3 is 2.25 bits per heavy atom. The Morgan fingerprint density at radius 2 is 1.92 bits per heavy atom. The number of rotatable bonds is 1. The molecule has 0 saturated heterocycles. The van der Waals surface area contributed by atoms with Crippen LogP contribution >= 0.6 is 0 Å². The van der Waals surface area contributed by atoms with Gasteiger partial charge in [-0.25, -0.2) is 0 Å². The monoisotopic (exact) mass is 169 g/mol. The SMILES string of the molecule is C.CC.Nc1cccc(CO)c1. The zero-order valence-electron chi connectivity index (χ0n) is 7.04. The lowest BCUT2D eigenvalue weighted by atomic mass is 10.2. The van der Waals surface area contributed by atoms with Gasteiger partial charge in [0.15, 0.2) is 0 Å². The highest BCUT2D eigenvalue weighted by Gasteiger charge is 1.87. The highest BCUT2D eigenvalue weighted by atomic mass is 16.3. The maximum atomic E-state index is 8.61. The average Bonchev–Trinajstić information content (AvgIpc) is 2.08. The van der Waals surface area contributed by atoms with Crippen LogP contribution in [-0.2, 0) is 6.61 Å². The van der Waals surface area contributed by atoms with E-state index in [2.05, 4.69) is 0 Å². The van der Waals surface area contributed by atoms with Gasteiger partial charge in [0.05, 0.1) is 6.61 Å². The van der Waals surface area contributed by atoms with Crippen LogP contribution in [0.25, 0.3) is 0 Å². The third kappa shape index (κ3) is 4.74. The van der Waals surface area contributed by atoms with E-state index >= 15 is 0 Å². The quantitative estimate of drug-likeness (QED) is 0.634. The van der Waals surface area contributed by atoms with Gasteiger partial charge in [0.25, 0.3) is 0 Å². The first-order chi connectivity index (χ1) is 5.33. The molecule has 0 aliphatic heterocycles. The number of anilines is 1. The molecule has 3 N–H and O–H groups in total. The van der Waals surface area contributed by atoms with Gasteiger partial charge in [0.1, 0.15) is 0 Å². The lowest BCUT2D eigenvalue weighted by Crippen LogP contribution is -1.87. The first-order valence-corrected chi connectivity index (χ1v) is 3.78. The first kappa shape index (κ1) is 13.6. The van der Waals surface area contributed by atoms with E-state index in [9.17, 15) is 0 Å². The van der Waals surface area contributed by atoms with Crippen LogP contribution in [0.1, 0.15) is 26.8 Å². The standard InChI is InChI=1S/C7H9NO.C2H6.CH4/c8-7-3-1-2-6(4-7)5-9;1-2;/h1-4,9H,5,8H2;1-2H3;1H4. The molecule has 0 spiro atoms. The number of benzene rings is 1. The molecule has 0 fully saturated rings. The molecule has 70 valence electrons. The Balaban J connectivity index is 0. The van der Waals surface area contributed by atoms with Gasteiger partial charge in [-0.15, -0.1) is 0 Å². The van der Waals surface area contributed by atoms with E-state index in [-0.39, 0.29) is 14.0 Å². The van der Waals surface area contributed by atoms with Crippen LogP contribution in [0.15, 0.2) is 24.3 Å². The van der Waals surface area contributed by atoms with Crippen molar-refractivity contribution in [1.82, 2.24) is 0 Å². The normalized spacial score (nSPS) is 7.58. The van der Waals surface area contributed by atoms with Crippen molar-refractivity contribution in [3.63, 3.8) is 0 Å². The Labute approximate surface area is 75.0 Å². The number of aliphatic hydroxyl groups excluding tert-OH is 1. The number of hydrogen-bond acceptors (Lipinski definition) is 2. The molecule has 1 aromatic rings. The Kier molecular flexibility index (Phi) is 9.13. The van der Waals surface area contributed by atoms with E-state index in [4.69, 9.17) is 10.8 Å². The van der Waals surface area contributed by atoms with Gasteiger partial charge in [-0.05, 0) is 17.7 Å². The number of hydrogen-bond donors (Lipinski definition) is 2. The summed E-state index contributed by atoms with van der Waals surface area (Å²) in [6.07, 6.45) is 0. The molecule has 0 aliphatic carbocycles. The second-order valence-electron chi connectivity index (χ2n) is 1.90. The molecule has 0 bridgehead atoms. The van der Waals surface area contributed by atoms with E-state index in [0.717, 1.165) is 5.56 Å². The van der Waals surface area contributed by atoms with Gasteiger partial charge < -0.3 is 10.8 Å². The topological polar surface area (TPSA) is 46.2 Å². The van der Waals surface area contributed by atoms with Crippen LogP contribution in [0.3, 0.4) is 0 Å². The molecular weight excluding hydrogens is 150 g/mol. The van der Waals surface area contributed by atoms with Crippen LogP contribution < -0.4 is 5.73 Å². The molecular formula is C10H19NO. The molecule has 0 saturated carbocycles. The molecule has 0 atom stereocenters. The zero-order chi connectivity index (χ0) is 8.69. The molecule has 0 unspecified atom stereocenters.